The second-order valence-corrected chi connectivity index (χ2v) is 4.91. The monoisotopic (exact) mass is 271 g/mol. The molecule has 3 N–H and O–H groups in total. The average Bonchev–Trinajstić information content (AvgIpc) is 2.43. The van der Waals surface area contributed by atoms with Crippen molar-refractivity contribution in [1.29, 1.82) is 0 Å². The number of aryl methyl sites for hydroxylation is 2. The zero-order valence-electron chi connectivity index (χ0n) is 12.3. The molecule has 5 heteroatoms. The second kappa shape index (κ2) is 6.32. The van der Waals surface area contributed by atoms with Crippen LogP contribution in [0.15, 0.2) is 18.3 Å². The van der Waals surface area contributed by atoms with Gasteiger partial charge in [-0.3, -0.25) is 4.98 Å². The summed E-state index contributed by atoms with van der Waals surface area (Å²) in [7, 11) is 0. The van der Waals surface area contributed by atoms with Crippen molar-refractivity contribution in [3.63, 3.8) is 0 Å². The Kier molecular flexibility index (Phi) is 4.50. The van der Waals surface area contributed by atoms with E-state index in [0.29, 0.717) is 12.4 Å². The van der Waals surface area contributed by atoms with Gasteiger partial charge in [-0.05, 0) is 31.9 Å². The van der Waals surface area contributed by atoms with Gasteiger partial charge in [0, 0.05) is 30.4 Å². The summed E-state index contributed by atoms with van der Waals surface area (Å²) in [5.41, 5.74) is 8.96. The summed E-state index contributed by atoms with van der Waals surface area (Å²) in [4.78, 5) is 13.1. The number of pyridine rings is 1. The molecule has 2 aromatic rings. The van der Waals surface area contributed by atoms with E-state index in [4.69, 9.17) is 5.73 Å². The van der Waals surface area contributed by atoms with Gasteiger partial charge >= 0.3 is 0 Å². The van der Waals surface area contributed by atoms with Gasteiger partial charge in [0.1, 0.15) is 17.5 Å². The van der Waals surface area contributed by atoms with E-state index in [9.17, 15) is 0 Å². The number of nitrogens with two attached hydrogens (primary N) is 1. The van der Waals surface area contributed by atoms with Gasteiger partial charge in [-0.2, -0.15) is 0 Å². The van der Waals surface area contributed by atoms with Crippen molar-refractivity contribution in [2.75, 3.05) is 11.1 Å². The molecule has 0 atom stereocenters. The molecule has 0 saturated carbocycles. The number of hydrogen-bond donors (Lipinski definition) is 2. The van der Waals surface area contributed by atoms with Crippen LogP contribution in [-0.2, 0) is 13.0 Å². The molecule has 0 radical (unpaired) electrons. The van der Waals surface area contributed by atoms with Gasteiger partial charge in [0.15, 0.2) is 0 Å². The Morgan fingerprint density at radius 1 is 1.20 bits per heavy atom. The maximum atomic E-state index is 5.94. The lowest BCUT2D eigenvalue weighted by molar-refractivity contribution is 0.833. The highest BCUT2D eigenvalue weighted by molar-refractivity contribution is 5.54. The molecule has 2 aromatic heterocycles. The maximum absolute atomic E-state index is 5.94. The van der Waals surface area contributed by atoms with Gasteiger partial charge in [-0.25, -0.2) is 9.97 Å². The third kappa shape index (κ3) is 3.44. The summed E-state index contributed by atoms with van der Waals surface area (Å²) in [5.74, 6) is 2.15. The predicted molar refractivity (Wildman–Crippen MR) is 81.5 cm³/mol. The summed E-state index contributed by atoms with van der Waals surface area (Å²) < 4.78 is 0. The number of anilines is 2. The Hall–Kier alpha value is -2.17. The van der Waals surface area contributed by atoms with Crippen LogP contribution in [0.25, 0.3) is 0 Å². The molecule has 0 unspecified atom stereocenters. The molecule has 0 aliphatic heterocycles. The van der Waals surface area contributed by atoms with E-state index in [0.717, 1.165) is 41.3 Å². The van der Waals surface area contributed by atoms with Gasteiger partial charge in [0.2, 0.25) is 0 Å². The quantitative estimate of drug-likeness (QED) is 0.874. The third-order valence-electron chi connectivity index (χ3n) is 3.14. The van der Waals surface area contributed by atoms with Gasteiger partial charge < -0.3 is 11.1 Å². The van der Waals surface area contributed by atoms with Crippen LogP contribution in [0.4, 0.5) is 11.6 Å². The molecular formula is C15H21N5. The summed E-state index contributed by atoms with van der Waals surface area (Å²) >= 11 is 0. The molecule has 2 rings (SSSR count). The van der Waals surface area contributed by atoms with Crippen LogP contribution in [-0.4, -0.2) is 15.0 Å². The molecule has 0 saturated heterocycles. The predicted octanol–water partition coefficient (Wildman–Crippen LogP) is 2.64. The minimum atomic E-state index is 0.549. The highest BCUT2D eigenvalue weighted by Gasteiger charge is 2.08. The number of aromatic nitrogens is 3. The van der Waals surface area contributed by atoms with Gasteiger partial charge in [-0.1, -0.05) is 13.0 Å². The smallest absolute Gasteiger partial charge is 0.135 e. The second-order valence-electron chi connectivity index (χ2n) is 4.91. The molecule has 5 nitrogen and oxygen atoms in total. The summed E-state index contributed by atoms with van der Waals surface area (Å²) in [6.07, 6.45) is 3.71. The number of hydrogen-bond acceptors (Lipinski definition) is 5. The number of nitrogens with zero attached hydrogens (tertiary/aromatic N) is 3. The topological polar surface area (TPSA) is 76.7 Å². The first kappa shape index (κ1) is 14.2. The Morgan fingerprint density at radius 2 is 2.00 bits per heavy atom. The minimum Gasteiger partial charge on any atom is -0.383 e. The largest absolute Gasteiger partial charge is 0.383 e. The Balaban J connectivity index is 2.13. The molecule has 0 aliphatic rings. The van der Waals surface area contributed by atoms with Crippen molar-refractivity contribution < 1.29 is 0 Å². The Bertz CT molecular complexity index is 578. The fourth-order valence-electron chi connectivity index (χ4n) is 1.88. The van der Waals surface area contributed by atoms with E-state index in [2.05, 4.69) is 33.3 Å². The lowest BCUT2D eigenvalue weighted by atomic mass is 10.2. The maximum Gasteiger partial charge on any atom is 0.135 e. The summed E-state index contributed by atoms with van der Waals surface area (Å²) in [5, 5.41) is 3.32. The van der Waals surface area contributed by atoms with Gasteiger partial charge in [-0.15, -0.1) is 0 Å². The minimum absolute atomic E-state index is 0.549. The molecular weight excluding hydrogens is 250 g/mol. The first-order valence-electron chi connectivity index (χ1n) is 6.88. The Morgan fingerprint density at radius 3 is 2.65 bits per heavy atom. The lowest BCUT2D eigenvalue weighted by Gasteiger charge is -2.12. The normalized spacial score (nSPS) is 10.6. The number of rotatable bonds is 5. The molecule has 106 valence electrons. The third-order valence-corrected chi connectivity index (χ3v) is 3.14. The number of nitrogens with one attached hydrogen (secondary N) is 1. The van der Waals surface area contributed by atoms with Crippen molar-refractivity contribution in [2.24, 2.45) is 0 Å². The van der Waals surface area contributed by atoms with E-state index in [1.54, 1.807) is 0 Å². The first-order chi connectivity index (χ1) is 9.60. The van der Waals surface area contributed by atoms with E-state index < -0.39 is 0 Å². The van der Waals surface area contributed by atoms with Gasteiger partial charge in [0.05, 0.1) is 0 Å². The van der Waals surface area contributed by atoms with Crippen molar-refractivity contribution in [3.05, 3.63) is 41.0 Å². The van der Waals surface area contributed by atoms with E-state index in [1.807, 2.05) is 26.1 Å². The fourth-order valence-corrected chi connectivity index (χ4v) is 1.88. The molecule has 0 bridgehead atoms. The average molecular weight is 271 g/mol. The molecule has 20 heavy (non-hydrogen) atoms. The van der Waals surface area contributed by atoms with Crippen LogP contribution in [0.5, 0.6) is 0 Å². The van der Waals surface area contributed by atoms with Crippen LogP contribution in [0.2, 0.25) is 0 Å². The number of nitrogen functional groups attached to an aromatic ring is 1. The van der Waals surface area contributed by atoms with Crippen molar-refractivity contribution in [2.45, 2.75) is 40.2 Å². The zero-order chi connectivity index (χ0) is 14.5. The highest BCUT2D eigenvalue weighted by atomic mass is 15.1. The zero-order valence-corrected chi connectivity index (χ0v) is 12.3. The lowest BCUT2D eigenvalue weighted by Crippen LogP contribution is -2.09. The van der Waals surface area contributed by atoms with Crippen LogP contribution in [0.1, 0.15) is 36.0 Å². The van der Waals surface area contributed by atoms with E-state index in [1.165, 1.54) is 0 Å². The van der Waals surface area contributed by atoms with Crippen molar-refractivity contribution in [3.8, 4) is 0 Å². The van der Waals surface area contributed by atoms with Crippen LogP contribution in [0, 0.1) is 13.8 Å². The highest BCUT2D eigenvalue weighted by Crippen LogP contribution is 2.18. The molecule has 0 aromatic carbocycles. The molecule has 0 aliphatic carbocycles. The SMILES string of the molecule is CCCc1nc(N)c(C)c(NCc2ccc(C)nc2)n1. The van der Waals surface area contributed by atoms with Crippen molar-refractivity contribution >= 4 is 11.6 Å². The van der Waals surface area contributed by atoms with E-state index >= 15 is 0 Å². The standard InChI is InChI=1S/C15H21N5/c1-4-5-13-19-14(16)11(3)15(20-13)18-9-12-7-6-10(2)17-8-12/h6-8H,4-5,9H2,1-3H3,(H3,16,18,19,20). The van der Waals surface area contributed by atoms with Crippen LogP contribution >= 0.6 is 0 Å². The fraction of sp³-hybridized carbons (Fsp3) is 0.400. The molecule has 0 amide bonds. The van der Waals surface area contributed by atoms with Crippen molar-refractivity contribution in [1.82, 2.24) is 15.0 Å². The van der Waals surface area contributed by atoms with Gasteiger partial charge in [0.25, 0.3) is 0 Å². The van der Waals surface area contributed by atoms with Crippen LogP contribution in [0.3, 0.4) is 0 Å². The first-order valence-corrected chi connectivity index (χ1v) is 6.88. The molecule has 0 fully saturated rings. The Labute approximate surface area is 119 Å². The summed E-state index contributed by atoms with van der Waals surface area (Å²) in [6, 6.07) is 4.06. The summed E-state index contributed by atoms with van der Waals surface area (Å²) in [6.45, 7) is 6.69. The van der Waals surface area contributed by atoms with E-state index in [-0.39, 0.29) is 0 Å². The molecule has 2 heterocycles. The molecule has 0 spiro atoms. The van der Waals surface area contributed by atoms with Crippen LogP contribution < -0.4 is 11.1 Å².